The molecule has 1 heterocycles. The van der Waals surface area contributed by atoms with Gasteiger partial charge in [-0.05, 0) is 22.5 Å². The summed E-state index contributed by atoms with van der Waals surface area (Å²) >= 11 is 0. The van der Waals surface area contributed by atoms with E-state index in [4.69, 9.17) is 0 Å². The van der Waals surface area contributed by atoms with Gasteiger partial charge in [0.05, 0.1) is 6.20 Å². The summed E-state index contributed by atoms with van der Waals surface area (Å²) in [6.45, 7) is 15.1. The number of halogens is 2. The fraction of sp³-hybridized carbons (Fsp3) is 0.312. The number of ketones is 1. The molecule has 0 atom stereocenters. The second-order valence-corrected chi connectivity index (χ2v) is 11.4. The van der Waals surface area contributed by atoms with Crippen molar-refractivity contribution in [1.29, 1.82) is 0 Å². The van der Waals surface area contributed by atoms with Crippen LogP contribution in [0.25, 0.3) is 32.8 Å². The topological polar surface area (TPSA) is 50.2 Å². The molecule has 0 spiro atoms. The number of hydrogen-bond acceptors (Lipinski definition) is 3. The predicted molar refractivity (Wildman–Crippen MR) is 148 cm³/mol. The number of carbonyl (C=O) groups is 1. The van der Waals surface area contributed by atoms with Crippen LogP contribution >= 0.6 is 0 Å². The zero-order valence-corrected chi connectivity index (χ0v) is 25.5. The number of rotatable bonds is 2. The Morgan fingerprint density at radius 1 is 0.895 bits per heavy atom. The van der Waals surface area contributed by atoms with Gasteiger partial charge < -0.3 is 10.1 Å². The molecule has 203 valence electrons. The molecule has 4 aromatic rings. The molecule has 6 heteroatoms. The molecule has 0 aliphatic carbocycles. The van der Waals surface area contributed by atoms with E-state index >= 15 is 0 Å². The van der Waals surface area contributed by atoms with E-state index in [0.29, 0.717) is 27.2 Å². The van der Waals surface area contributed by atoms with Gasteiger partial charge in [-0.3, -0.25) is 4.79 Å². The molecule has 4 rings (SSSR count). The second kappa shape index (κ2) is 11.8. The summed E-state index contributed by atoms with van der Waals surface area (Å²) in [6, 6.07) is 15.4. The number of benzene rings is 3. The normalized spacial score (nSPS) is 12.1. The Morgan fingerprint density at radius 3 is 2.11 bits per heavy atom. The van der Waals surface area contributed by atoms with Crippen molar-refractivity contribution >= 4 is 27.3 Å². The van der Waals surface area contributed by atoms with Crippen molar-refractivity contribution in [2.24, 2.45) is 10.8 Å². The van der Waals surface area contributed by atoms with Crippen molar-refractivity contribution in [1.82, 2.24) is 4.98 Å². The van der Waals surface area contributed by atoms with E-state index < -0.39 is 11.2 Å². The smallest absolute Gasteiger partial charge is 0.164 e. The Kier molecular flexibility index (Phi) is 9.74. The van der Waals surface area contributed by atoms with Crippen LogP contribution in [0.5, 0.6) is 0 Å². The largest absolute Gasteiger partial charge is 0.512 e. The van der Waals surface area contributed by atoms with Gasteiger partial charge in [-0.2, -0.15) is 0 Å². The summed E-state index contributed by atoms with van der Waals surface area (Å²) in [6.07, 6.45) is 2.54. The number of aromatic nitrogens is 1. The average Bonchev–Trinajstić information content (AvgIpc) is 2.77. The van der Waals surface area contributed by atoms with Gasteiger partial charge in [0.2, 0.25) is 0 Å². The molecule has 0 fully saturated rings. The quantitative estimate of drug-likeness (QED) is 0.0988. The molecule has 0 amide bonds. The molecular formula is C32H34F2IrNO2-. The molecule has 0 aliphatic heterocycles. The number of aryl methyl sites for hydroxylation is 2. The Balaban J connectivity index is 0.000000313. The first-order valence-electron chi connectivity index (χ1n) is 12.2. The van der Waals surface area contributed by atoms with Crippen molar-refractivity contribution in [3.63, 3.8) is 0 Å². The number of allylic oxidation sites excluding steroid dienone is 2. The fourth-order valence-corrected chi connectivity index (χ4v) is 3.82. The van der Waals surface area contributed by atoms with Crippen LogP contribution in [0.15, 0.2) is 60.5 Å². The fourth-order valence-electron chi connectivity index (χ4n) is 3.82. The summed E-state index contributed by atoms with van der Waals surface area (Å²) in [4.78, 5) is 15.8. The second-order valence-electron chi connectivity index (χ2n) is 11.4. The summed E-state index contributed by atoms with van der Waals surface area (Å²) in [5.74, 6) is -0.702. The first-order chi connectivity index (χ1) is 17.1. The van der Waals surface area contributed by atoms with Crippen molar-refractivity contribution in [2.75, 3.05) is 0 Å². The first kappa shape index (κ1) is 31.3. The van der Waals surface area contributed by atoms with Crippen LogP contribution in [0.1, 0.15) is 52.7 Å². The number of fused-ring (bicyclic) bond motifs is 3. The van der Waals surface area contributed by atoms with Gasteiger partial charge in [-0.15, -0.1) is 34.9 Å². The maximum Gasteiger partial charge on any atom is 0.164 e. The zero-order chi connectivity index (χ0) is 27.7. The van der Waals surface area contributed by atoms with E-state index in [-0.39, 0.29) is 42.9 Å². The van der Waals surface area contributed by atoms with E-state index in [0.717, 1.165) is 16.7 Å². The van der Waals surface area contributed by atoms with Gasteiger partial charge in [-0.25, -0.2) is 8.78 Å². The van der Waals surface area contributed by atoms with Gasteiger partial charge in [0.1, 0.15) is 17.4 Å². The van der Waals surface area contributed by atoms with Gasteiger partial charge in [0.25, 0.3) is 0 Å². The molecule has 1 N–H and O–H groups in total. The molecule has 3 nitrogen and oxygen atoms in total. The van der Waals surface area contributed by atoms with E-state index in [1.807, 2.05) is 67.5 Å². The maximum absolute atomic E-state index is 14.5. The van der Waals surface area contributed by atoms with Crippen molar-refractivity contribution < 1.29 is 38.8 Å². The standard InChI is InChI=1S/C21H14F2N.C11H20O2.Ir/c1-12-8-13(2)10-14(9-12)21-17-7-6-15-16(4-3-5-18(15)22)20(17)19(23)11-24-21;1-10(2,3)8(12)7-9(13)11(4,5)6;/h3-9,11H,1-2H3;7,12H,1-6H3;/q-1;;/b;8-7-;. The number of hydrogen-bond donors (Lipinski definition) is 1. The number of aliphatic hydroxyl groups is 1. The Bertz CT molecular complexity index is 1490. The molecular weight excluding hydrogens is 661 g/mol. The third-order valence-corrected chi connectivity index (χ3v) is 5.99. The van der Waals surface area contributed by atoms with Crippen LogP contribution in [-0.2, 0) is 24.9 Å². The summed E-state index contributed by atoms with van der Waals surface area (Å²) in [5, 5.41) is 11.6. The number of carbonyl (C=O) groups excluding carboxylic acids is 1. The van der Waals surface area contributed by atoms with E-state index in [2.05, 4.69) is 11.1 Å². The molecule has 0 saturated carbocycles. The van der Waals surface area contributed by atoms with Gasteiger partial charge in [-0.1, -0.05) is 79.7 Å². The SMILES string of the molecule is CC(C)(C)C(=O)/C=C(\O)C(C)(C)C.Cc1[c-]c(-c2ncc(F)c3c2ccc2c(F)cccc23)cc(C)c1.[Ir]. The minimum absolute atomic E-state index is 0. The van der Waals surface area contributed by atoms with Crippen molar-refractivity contribution in [3.05, 3.63) is 89.3 Å². The third kappa shape index (κ3) is 7.12. The van der Waals surface area contributed by atoms with Crippen molar-refractivity contribution in [3.8, 4) is 11.3 Å². The monoisotopic (exact) mass is 695 g/mol. The van der Waals surface area contributed by atoms with Gasteiger partial charge in [0.15, 0.2) is 5.78 Å². The molecule has 3 aromatic carbocycles. The average molecular weight is 695 g/mol. The van der Waals surface area contributed by atoms with Crippen LogP contribution in [0.2, 0.25) is 0 Å². The Labute approximate surface area is 237 Å². The Hall–Kier alpha value is -2.95. The molecule has 0 aliphatic rings. The number of pyridine rings is 1. The number of nitrogens with zero attached hydrogens (tertiary/aromatic N) is 1. The van der Waals surface area contributed by atoms with Crippen LogP contribution in [0.3, 0.4) is 0 Å². The summed E-state index contributed by atoms with van der Waals surface area (Å²) in [7, 11) is 0. The molecule has 0 bridgehead atoms. The van der Waals surface area contributed by atoms with Crippen LogP contribution < -0.4 is 0 Å². The van der Waals surface area contributed by atoms with E-state index in [1.165, 1.54) is 18.3 Å². The molecule has 0 unspecified atom stereocenters. The van der Waals surface area contributed by atoms with Gasteiger partial charge >= 0.3 is 0 Å². The van der Waals surface area contributed by atoms with Crippen LogP contribution in [-0.4, -0.2) is 15.9 Å². The third-order valence-electron chi connectivity index (χ3n) is 5.99. The Morgan fingerprint density at radius 2 is 1.53 bits per heavy atom. The van der Waals surface area contributed by atoms with E-state index in [1.54, 1.807) is 24.3 Å². The predicted octanol–water partition coefficient (Wildman–Crippen LogP) is 8.84. The van der Waals surface area contributed by atoms with Crippen LogP contribution in [0, 0.1) is 42.4 Å². The molecule has 0 saturated heterocycles. The maximum atomic E-state index is 14.5. The minimum atomic E-state index is -0.450. The van der Waals surface area contributed by atoms with E-state index in [9.17, 15) is 18.7 Å². The number of aliphatic hydroxyl groups excluding tert-OH is 1. The molecule has 38 heavy (non-hydrogen) atoms. The van der Waals surface area contributed by atoms with Crippen molar-refractivity contribution in [2.45, 2.75) is 55.4 Å². The molecule has 1 aromatic heterocycles. The first-order valence-corrected chi connectivity index (χ1v) is 12.2. The van der Waals surface area contributed by atoms with Crippen LogP contribution in [0.4, 0.5) is 8.78 Å². The molecule has 1 radical (unpaired) electrons. The minimum Gasteiger partial charge on any atom is -0.512 e. The summed E-state index contributed by atoms with van der Waals surface area (Å²) in [5.41, 5.74) is 2.79. The zero-order valence-electron chi connectivity index (χ0n) is 23.1. The van der Waals surface area contributed by atoms with Gasteiger partial charge in [0, 0.05) is 47.8 Å². The summed E-state index contributed by atoms with van der Waals surface area (Å²) < 4.78 is 28.5.